The number of benzene rings is 1. The molecule has 0 aliphatic heterocycles. The van der Waals surface area contributed by atoms with E-state index in [1.165, 1.54) is 6.07 Å². The lowest BCUT2D eigenvalue weighted by atomic mass is 9.90. The molecule has 1 atom stereocenters. The molecule has 0 radical (unpaired) electrons. The number of ketones is 1. The third-order valence-electron chi connectivity index (χ3n) is 3.21. The number of hydrogen-bond donors (Lipinski definition) is 0. The van der Waals surface area contributed by atoms with Gasteiger partial charge in [0.2, 0.25) is 0 Å². The molecule has 0 saturated carbocycles. The normalized spacial score (nSPS) is 13.0. The second-order valence-corrected chi connectivity index (χ2v) is 5.21. The number of halogens is 4. The van der Waals surface area contributed by atoms with Gasteiger partial charge in [0.05, 0.1) is 5.02 Å². The maximum Gasteiger partial charge on any atom is 0.573 e. The first-order valence-electron chi connectivity index (χ1n) is 6.88. The maximum absolute atomic E-state index is 12.4. The summed E-state index contributed by atoms with van der Waals surface area (Å²) in [6.45, 7) is 3.89. The Labute approximate surface area is 127 Å². The average Bonchev–Trinajstić information content (AvgIpc) is 2.40. The van der Waals surface area contributed by atoms with Gasteiger partial charge in [0, 0.05) is 11.5 Å². The Balaban J connectivity index is 2.99. The molecule has 0 aromatic heterocycles. The van der Waals surface area contributed by atoms with Crippen molar-refractivity contribution in [3.8, 4) is 5.75 Å². The fourth-order valence-corrected chi connectivity index (χ4v) is 2.29. The highest BCUT2D eigenvalue weighted by molar-refractivity contribution is 6.34. The summed E-state index contributed by atoms with van der Waals surface area (Å²) >= 11 is 5.94. The van der Waals surface area contributed by atoms with Crippen molar-refractivity contribution in [1.82, 2.24) is 0 Å². The fraction of sp³-hybridized carbons (Fsp3) is 0.533. The standard InChI is InChI=1S/C15H18ClF3O2/c1-3-5-6-10(4-2)14(20)12-9-11(7-8-13(12)16)21-15(17,18)19/h7-10H,3-6H2,1-2H3. The molecule has 0 heterocycles. The van der Waals surface area contributed by atoms with Gasteiger partial charge in [0.25, 0.3) is 0 Å². The Kier molecular flexibility index (Phi) is 6.52. The van der Waals surface area contributed by atoms with Crippen LogP contribution in [-0.2, 0) is 0 Å². The number of rotatable bonds is 7. The quantitative estimate of drug-likeness (QED) is 0.607. The van der Waals surface area contributed by atoms with Crippen LogP contribution in [0, 0.1) is 5.92 Å². The molecule has 0 aliphatic rings. The van der Waals surface area contributed by atoms with Gasteiger partial charge in [-0.3, -0.25) is 4.79 Å². The van der Waals surface area contributed by atoms with Crippen LogP contribution in [0.5, 0.6) is 5.75 Å². The summed E-state index contributed by atoms with van der Waals surface area (Å²) in [6, 6.07) is 3.41. The second-order valence-electron chi connectivity index (χ2n) is 4.80. The summed E-state index contributed by atoms with van der Waals surface area (Å²) in [5.41, 5.74) is 0.0846. The van der Waals surface area contributed by atoms with Crippen LogP contribution >= 0.6 is 11.6 Å². The molecule has 2 nitrogen and oxygen atoms in total. The summed E-state index contributed by atoms with van der Waals surface area (Å²) in [6.07, 6.45) is -1.62. The molecular formula is C15H18ClF3O2. The Morgan fingerprint density at radius 3 is 2.52 bits per heavy atom. The smallest absolute Gasteiger partial charge is 0.406 e. The molecule has 0 bridgehead atoms. The summed E-state index contributed by atoms with van der Waals surface area (Å²) in [4.78, 5) is 12.4. The first-order chi connectivity index (χ1) is 9.78. The van der Waals surface area contributed by atoms with Crippen LogP contribution in [0.15, 0.2) is 18.2 Å². The number of hydrogen-bond acceptors (Lipinski definition) is 2. The average molecular weight is 323 g/mol. The predicted molar refractivity (Wildman–Crippen MR) is 75.8 cm³/mol. The topological polar surface area (TPSA) is 26.3 Å². The third-order valence-corrected chi connectivity index (χ3v) is 3.54. The third kappa shape index (κ3) is 5.58. The highest BCUT2D eigenvalue weighted by Gasteiger charge is 2.31. The van der Waals surface area contributed by atoms with Crippen molar-refractivity contribution in [3.05, 3.63) is 28.8 Å². The minimum atomic E-state index is -4.79. The number of Topliss-reactive ketones (excluding diaryl/α,β-unsaturated/α-hetero) is 1. The van der Waals surface area contributed by atoms with Gasteiger partial charge in [-0.1, -0.05) is 38.3 Å². The molecule has 1 unspecified atom stereocenters. The first-order valence-corrected chi connectivity index (χ1v) is 7.25. The van der Waals surface area contributed by atoms with Crippen LogP contribution in [0.1, 0.15) is 49.9 Å². The van der Waals surface area contributed by atoms with Gasteiger partial charge in [-0.2, -0.15) is 0 Å². The zero-order valence-electron chi connectivity index (χ0n) is 12.0. The van der Waals surface area contributed by atoms with Gasteiger partial charge < -0.3 is 4.74 Å². The Morgan fingerprint density at radius 1 is 1.33 bits per heavy atom. The van der Waals surface area contributed by atoms with Crippen molar-refractivity contribution in [3.63, 3.8) is 0 Å². The molecule has 0 saturated heterocycles. The molecule has 0 fully saturated rings. The molecule has 1 aromatic rings. The van der Waals surface area contributed by atoms with Crippen LogP contribution < -0.4 is 4.74 Å². The van der Waals surface area contributed by atoms with Gasteiger partial charge in [0.15, 0.2) is 5.78 Å². The van der Waals surface area contributed by atoms with E-state index in [0.29, 0.717) is 12.8 Å². The van der Waals surface area contributed by atoms with E-state index >= 15 is 0 Å². The highest BCUT2D eigenvalue weighted by Crippen LogP contribution is 2.30. The molecule has 1 aromatic carbocycles. The van der Waals surface area contributed by atoms with E-state index in [9.17, 15) is 18.0 Å². The Hall–Kier alpha value is -1.23. The molecule has 0 aliphatic carbocycles. The fourth-order valence-electron chi connectivity index (χ4n) is 2.08. The van der Waals surface area contributed by atoms with Crippen LogP contribution in [0.3, 0.4) is 0 Å². The van der Waals surface area contributed by atoms with Crippen LogP contribution in [0.25, 0.3) is 0 Å². The van der Waals surface area contributed by atoms with E-state index in [0.717, 1.165) is 25.0 Å². The molecule has 118 valence electrons. The minimum Gasteiger partial charge on any atom is -0.406 e. The van der Waals surface area contributed by atoms with Crippen LogP contribution in [-0.4, -0.2) is 12.1 Å². The Morgan fingerprint density at radius 2 is 2.00 bits per heavy atom. The maximum atomic E-state index is 12.4. The van der Waals surface area contributed by atoms with Crippen molar-refractivity contribution in [2.75, 3.05) is 0 Å². The molecule has 6 heteroatoms. The Bertz CT molecular complexity index is 486. The van der Waals surface area contributed by atoms with E-state index in [4.69, 9.17) is 11.6 Å². The predicted octanol–water partition coefficient (Wildman–Crippen LogP) is 5.64. The lowest BCUT2D eigenvalue weighted by Gasteiger charge is -2.15. The zero-order valence-corrected chi connectivity index (χ0v) is 12.7. The molecule has 1 rings (SSSR count). The zero-order chi connectivity index (χ0) is 16.0. The van der Waals surface area contributed by atoms with Crippen LogP contribution in [0.2, 0.25) is 5.02 Å². The largest absolute Gasteiger partial charge is 0.573 e. The number of carbonyl (C=O) groups is 1. The number of unbranched alkanes of at least 4 members (excludes halogenated alkanes) is 1. The summed E-state index contributed by atoms with van der Waals surface area (Å²) < 4.78 is 40.5. The van der Waals surface area contributed by atoms with Crippen molar-refractivity contribution < 1.29 is 22.7 Å². The summed E-state index contributed by atoms with van der Waals surface area (Å²) in [5.74, 6) is -0.896. The summed E-state index contributed by atoms with van der Waals surface area (Å²) in [7, 11) is 0. The van der Waals surface area contributed by atoms with E-state index in [-0.39, 0.29) is 22.3 Å². The number of carbonyl (C=O) groups excluding carboxylic acids is 1. The lowest BCUT2D eigenvalue weighted by molar-refractivity contribution is -0.274. The SMILES string of the molecule is CCCCC(CC)C(=O)c1cc(OC(F)(F)F)ccc1Cl. The van der Waals surface area contributed by atoms with Gasteiger partial charge in [0.1, 0.15) is 5.75 Å². The lowest BCUT2D eigenvalue weighted by Crippen LogP contribution is -2.18. The van der Waals surface area contributed by atoms with Crippen molar-refractivity contribution in [1.29, 1.82) is 0 Å². The van der Waals surface area contributed by atoms with Crippen LogP contribution in [0.4, 0.5) is 13.2 Å². The van der Waals surface area contributed by atoms with E-state index < -0.39 is 12.1 Å². The van der Waals surface area contributed by atoms with Gasteiger partial charge in [-0.25, -0.2) is 0 Å². The molecular weight excluding hydrogens is 305 g/mol. The van der Waals surface area contributed by atoms with Gasteiger partial charge in [-0.05, 0) is 31.0 Å². The molecule has 0 amide bonds. The molecule has 0 spiro atoms. The first kappa shape index (κ1) is 17.8. The molecule has 21 heavy (non-hydrogen) atoms. The monoisotopic (exact) mass is 322 g/mol. The van der Waals surface area contributed by atoms with E-state index in [2.05, 4.69) is 4.74 Å². The van der Waals surface area contributed by atoms with Crippen molar-refractivity contribution in [2.24, 2.45) is 5.92 Å². The number of alkyl halides is 3. The van der Waals surface area contributed by atoms with E-state index in [1.807, 2.05) is 13.8 Å². The van der Waals surface area contributed by atoms with Gasteiger partial charge >= 0.3 is 6.36 Å². The second kappa shape index (κ2) is 7.69. The summed E-state index contributed by atoms with van der Waals surface area (Å²) in [5, 5.41) is 0.143. The van der Waals surface area contributed by atoms with Crippen molar-refractivity contribution in [2.45, 2.75) is 45.9 Å². The highest BCUT2D eigenvalue weighted by atomic mass is 35.5. The molecule has 0 N–H and O–H groups in total. The number of ether oxygens (including phenoxy) is 1. The van der Waals surface area contributed by atoms with Crippen molar-refractivity contribution >= 4 is 17.4 Å². The minimum absolute atomic E-state index is 0.0846. The van der Waals surface area contributed by atoms with E-state index in [1.54, 1.807) is 0 Å². The van der Waals surface area contributed by atoms with Gasteiger partial charge in [-0.15, -0.1) is 13.2 Å².